The lowest BCUT2D eigenvalue weighted by Crippen LogP contribution is -1.98. The van der Waals surface area contributed by atoms with Gasteiger partial charge in [-0.3, -0.25) is 0 Å². The molecule has 0 amide bonds. The molecule has 0 bridgehead atoms. The molecule has 0 aliphatic carbocycles. The Morgan fingerprint density at radius 1 is 0.405 bits per heavy atom. The van der Waals surface area contributed by atoms with Crippen molar-refractivity contribution >= 4 is 32.3 Å². The van der Waals surface area contributed by atoms with Gasteiger partial charge in [0.1, 0.15) is 11.5 Å². The smallest absolute Gasteiger partial charge is 0.135 e. The number of hydrogen-bond donors (Lipinski definition) is 0. The lowest BCUT2D eigenvalue weighted by molar-refractivity contribution is 0.487. The van der Waals surface area contributed by atoms with Crippen molar-refractivity contribution in [3.05, 3.63) is 133 Å². The Morgan fingerprint density at radius 3 is 1.89 bits per heavy atom. The van der Waals surface area contributed by atoms with Crippen LogP contribution in [-0.2, 0) is 0 Å². The zero-order valence-electron chi connectivity index (χ0n) is 21.0. The fourth-order valence-corrected chi connectivity index (χ4v) is 6.04. The standard InChI is InChI=1S/C36H22O/c1-2-11-23(12-3-1)34-25-14-4-6-16-27(25)35(28-17-7-5-15-26(28)34)31-22-21-30-24-13-8-9-19-32(24)37-33-20-10-18-29(31)36(30)33/h1-22H/i14D. The third-order valence-corrected chi connectivity index (χ3v) is 7.57. The Morgan fingerprint density at radius 2 is 1.03 bits per heavy atom. The van der Waals surface area contributed by atoms with Crippen LogP contribution in [-0.4, -0.2) is 0 Å². The maximum absolute atomic E-state index is 9.02. The van der Waals surface area contributed by atoms with E-state index in [1.54, 1.807) is 0 Å². The van der Waals surface area contributed by atoms with E-state index in [2.05, 4.69) is 97.1 Å². The highest BCUT2D eigenvalue weighted by Crippen LogP contribution is 2.51. The quantitative estimate of drug-likeness (QED) is 0.228. The summed E-state index contributed by atoms with van der Waals surface area (Å²) >= 11 is 0. The number of hydrogen-bond acceptors (Lipinski definition) is 1. The minimum atomic E-state index is 0.536. The number of fused-ring (bicyclic) bond motifs is 4. The highest BCUT2D eigenvalue weighted by Gasteiger charge is 2.23. The van der Waals surface area contributed by atoms with Crippen LogP contribution in [0, 0.1) is 0 Å². The van der Waals surface area contributed by atoms with Gasteiger partial charge in [0.25, 0.3) is 0 Å². The molecule has 1 aliphatic heterocycles. The predicted octanol–water partition coefficient (Wildman–Crippen LogP) is 10.3. The van der Waals surface area contributed by atoms with Gasteiger partial charge in [0.15, 0.2) is 0 Å². The molecule has 8 rings (SSSR count). The van der Waals surface area contributed by atoms with E-state index in [0.717, 1.165) is 66.2 Å². The summed E-state index contributed by atoms with van der Waals surface area (Å²) in [6, 6.07) is 44.8. The van der Waals surface area contributed by atoms with Gasteiger partial charge < -0.3 is 4.74 Å². The lowest BCUT2D eigenvalue weighted by Gasteiger charge is -2.24. The van der Waals surface area contributed by atoms with Gasteiger partial charge in [-0.05, 0) is 66.9 Å². The van der Waals surface area contributed by atoms with Crippen LogP contribution >= 0.6 is 0 Å². The molecule has 0 aromatic heterocycles. The second kappa shape index (κ2) is 7.81. The Labute approximate surface area is 216 Å². The van der Waals surface area contributed by atoms with Crippen molar-refractivity contribution in [2.24, 2.45) is 0 Å². The summed E-state index contributed by atoms with van der Waals surface area (Å²) in [5.41, 5.74) is 6.86. The minimum Gasteiger partial charge on any atom is -0.456 e. The molecule has 1 heterocycles. The fourth-order valence-electron chi connectivity index (χ4n) is 6.04. The summed E-state index contributed by atoms with van der Waals surface area (Å²) in [7, 11) is 0. The molecule has 1 nitrogen and oxygen atoms in total. The van der Waals surface area contributed by atoms with Crippen LogP contribution in [0.2, 0.25) is 0 Å². The van der Waals surface area contributed by atoms with Crippen LogP contribution in [0.4, 0.5) is 0 Å². The van der Waals surface area contributed by atoms with Crippen LogP contribution in [0.3, 0.4) is 0 Å². The highest BCUT2D eigenvalue weighted by molar-refractivity contribution is 6.24. The van der Waals surface area contributed by atoms with Crippen LogP contribution < -0.4 is 4.74 Å². The fraction of sp³-hybridized carbons (Fsp3) is 0. The normalized spacial score (nSPS) is 12.4. The maximum Gasteiger partial charge on any atom is 0.135 e. The second-order valence-corrected chi connectivity index (χ2v) is 9.56. The van der Waals surface area contributed by atoms with Crippen molar-refractivity contribution in [3.63, 3.8) is 0 Å². The van der Waals surface area contributed by atoms with E-state index in [4.69, 9.17) is 6.11 Å². The largest absolute Gasteiger partial charge is 0.456 e. The van der Waals surface area contributed by atoms with E-state index in [9.17, 15) is 0 Å². The predicted molar refractivity (Wildman–Crippen MR) is 155 cm³/mol. The first-order valence-electron chi connectivity index (χ1n) is 13.1. The number of ether oxygens (including phenoxy) is 1. The van der Waals surface area contributed by atoms with Gasteiger partial charge in [-0.2, -0.15) is 0 Å². The summed E-state index contributed by atoms with van der Waals surface area (Å²) < 4.78 is 15.4. The Bertz CT molecular complexity index is 2060. The number of rotatable bonds is 2. The molecule has 0 atom stereocenters. The van der Waals surface area contributed by atoms with Crippen molar-refractivity contribution in [3.8, 4) is 44.9 Å². The van der Waals surface area contributed by atoms with Gasteiger partial charge in [0, 0.05) is 10.9 Å². The molecule has 7 aromatic rings. The molecule has 0 saturated carbocycles. The number of para-hydroxylation sites is 1. The maximum atomic E-state index is 9.02. The van der Waals surface area contributed by atoms with Gasteiger partial charge in [-0.1, -0.05) is 121 Å². The molecule has 0 N–H and O–H groups in total. The van der Waals surface area contributed by atoms with Crippen molar-refractivity contribution in [2.75, 3.05) is 0 Å². The van der Waals surface area contributed by atoms with Crippen LogP contribution in [0.15, 0.2) is 133 Å². The van der Waals surface area contributed by atoms with E-state index in [1.807, 2.05) is 30.3 Å². The van der Waals surface area contributed by atoms with E-state index >= 15 is 0 Å². The SMILES string of the molecule is [2H]c1cccc2c(-c3ccc4c5c(cccc35)Oc3ccccc3-4)c3ccccc3c(-c3ccccc3)c12. The summed E-state index contributed by atoms with van der Waals surface area (Å²) in [5, 5.41) is 6.70. The third kappa shape index (κ3) is 2.92. The lowest BCUT2D eigenvalue weighted by atomic mass is 9.83. The first-order valence-corrected chi connectivity index (χ1v) is 12.6. The summed E-state index contributed by atoms with van der Waals surface area (Å²) in [6.07, 6.45) is 0. The molecule has 7 aromatic carbocycles. The summed E-state index contributed by atoms with van der Waals surface area (Å²) in [4.78, 5) is 0. The third-order valence-electron chi connectivity index (χ3n) is 7.57. The van der Waals surface area contributed by atoms with E-state index in [1.165, 1.54) is 10.9 Å². The monoisotopic (exact) mass is 471 g/mol. The van der Waals surface area contributed by atoms with Gasteiger partial charge in [0.2, 0.25) is 0 Å². The summed E-state index contributed by atoms with van der Waals surface area (Å²) in [5.74, 6) is 1.77. The van der Waals surface area contributed by atoms with E-state index < -0.39 is 0 Å². The van der Waals surface area contributed by atoms with Crippen molar-refractivity contribution in [1.82, 2.24) is 0 Å². The van der Waals surface area contributed by atoms with Crippen molar-refractivity contribution in [1.29, 1.82) is 0 Å². The molecule has 1 aliphatic rings. The molecule has 172 valence electrons. The summed E-state index contributed by atoms with van der Waals surface area (Å²) in [6.45, 7) is 0. The Balaban J connectivity index is 1.55. The Kier molecular flexibility index (Phi) is 4.08. The molecule has 0 saturated heterocycles. The molecular weight excluding hydrogens is 448 g/mol. The topological polar surface area (TPSA) is 9.23 Å². The van der Waals surface area contributed by atoms with Gasteiger partial charge in [-0.15, -0.1) is 0 Å². The molecule has 0 unspecified atom stereocenters. The van der Waals surface area contributed by atoms with Gasteiger partial charge in [0.05, 0.1) is 1.37 Å². The zero-order chi connectivity index (χ0) is 25.2. The van der Waals surface area contributed by atoms with Crippen molar-refractivity contribution < 1.29 is 6.11 Å². The highest BCUT2D eigenvalue weighted by atomic mass is 16.5. The Hall–Kier alpha value is -4.88. The van der Waals surface area contributed by atoms with Crippen LogP contribution in [0.5, 0.6) is 11.5 Å². The van der Waals surface area contributed by atoms with Crippen LogP contribution in [0.1, 0.15) is 1.37 Å². The molecule has 0 spiro atoms. The first-order chi connectivity index (χ1) is 18.8. The molecule has 1 heteroatoms. The molecular formula is C36H22O. The molecule has 0 radical (unpaired) electrons. The van der Waals surface area contributed by atoms with E-state index in [-0.39, 0.29) is 0 Å². The molecule has 0 fully saturated rings. The van der Waals surface area contributed by atoms with Gasteiger partial charge in [-0.25, -0.2) is 0 Å². The zero-order valence-corrected chi connectivity index (χ0v) is 20.0. The van der Waals surface area contributed by atoms with Crippen LogP contribution in [0.25, 0.3) is 65.7 Å². The second-order valence-electron chi connectivity index (χ2n) is 9.56. The van der Waals surface area contributed by atoms with Crippen molar-refractivity contribution in [2.45, 2.75) is 0 Å². The average molecular weight is 472 g/mol. The molecule has 37 heavy (non-hydrogen) atoms. The number of benzene rings is 7. The first kappa shape index (κ1) is 19.3. The van der Waals surface area contributed by atoms with E-state index in [0.29, 0.717) is 6.04 Å². The minimum absolute atomic E-state index is 0.536. The van der Waals surface area contributed by atoms with Gasteiger partial charge >= 0.3 is 0 Å². The average Bonchev–Trinajstić information content (AvgIpc) is 2.97.